The highest BCUT2D eigenvalue weighted by molar-refractivity contribution is 6.32. The first kappa shape index (κ1) is 13.4. The Morgan fingerprint density at radius 1 is 1.53 bits per heavy atom. The summed E-state index contributed by atoms with van der Waals surface area (Å²) >= 11 is 5.69. The van der Waals surface area contributed by atoms with E-state index < -0.39 is 4.92 Å². The zero-order chi connectivity index (χ0) is 12.8. The van der Waals surface area contributed by atoms with Gasteiger partial charge in [0, 0.05) is 18.6 Å². The van der Waals surface area contributed by atoms with Crippen LogP contribution in [0.5, 0.6) is 5.75 Å². The SMILES string of the molecule is CCCC(=O)COc1ccc([N+](=O)[O-])c(Cl)c1. The lowest BCUT2D eigenvalue weighted by Crippen LogP contribution is -2.10. The summed E-state index contributed by atoms with van der Waals surface area (Å²) in [5.74, 6) is 0.340. The second kappa shape index (κ2) is 6.20. The fourth-order valence-electron chi connectivity index (χ4n) is 1.24. The molecule has 6 heteroatoms. The Hall–Kier alpha value is -1.62. The molecule has 1 rings (SSSR count). The number of nitrogens with zero attached hydrogens (tertiary/aromatic N) is 1. The minimum Gasteiger partial charge on any atom is -0.486 e. The number of carbonyl (C=O) groups excluding carboxylic acids is 1. The second-order valence-corrected chi connectivity index (χ2v) is 3.85. The van der Waals surface area contributed by atoms with E-state index in [0.717, 1.165) is 6.42 Å². The van der Waals surface area contributed by atoms with Gasteiger partial charge in [-0.3, -0.25) is 14.9 Å². The summed E-state index contributed by atoms with van der Waals surface area (Å²) < 4.78 is 5.18. The average molecular weight is 258 g/mol. The molecular formula is C11H12ClNO4. The van der Waals surface area contributed by atoms with Crippen LogP contribution in [-0.2, 0) is 4.79 Å². The zero-order valence-corrected chi connectivity index (χ0v) is 10.1. The molecule has 1 aromatic rings. The maximum absolute atomic E-state index is 11.2. The van der Waals surface area contributed by atoms with Crippen molar-refractivity contribution in [3.8, 4) is 5.75 Å². The van der Waals surface area contributed by atoms with Crippen LogP contribution in [0.25, 0.3) is 0 Å². The quantitative estimate of drug-likeness (QED) is 0.580. The van der Waals surface area contributed by atoms with Crippen molar-refractivity contribution in [3.05, 3.63) is 33.3 Å². The monoisotopic (exact) mass is 257 g/mol. The van der Waals surface area contributed by atoms with Gasteiger partial charge in [-0.25, -0.2) is 0 Å². The lowest BCUT2D eigenvalue weighted by atomic mass is 10.2. The number of nitro benzene ring substituents is 1. The predicted molar refractivity (Wildman–Crippen MR) is 63.5 cm³/mol. The molecule has 0 N–H and O–H groups in total. The Kier molecular flexibility index (Phi) is 4.90. The molecule has 0 aliphatic carbocycles. The van der Waals surface area contributed by atoms with Crippen molar-refractivity contribution >= 4 is 23.1 Å². The van der Waals surface area contributed by atoms with Gasteiger partial charge in [0.2, 0.25) is 0 Å². The molecule has 0 spiro atoms. The van der Waals surface area contributed by atoms with Gasteiger partial charge in [0.25, 0.3) is 5.69 Å². The first-order chi connectivity index (χ1) is 8.04. The third-order valence-electron chi connectivity index (χ3n) is 2.04. The van der Waals surface area contributed by atoms with Gasteiger partial charge in [0.1, 0.15) is 17.4 Å². The second-order valence-electron chi connectivity index (χ2n) is 3.45. The van der Waals surface area contributed by atoms with Gasteiger partial charge in [-0.15, -0.1) is 0 Å². The van der Waals surface area contributed by atoms with E-state index in [1.165, 1.54) is 18.2 Å². The van der Waals surface area contributed by atoms with Crippen LogP contribution < -0.4 is 4.74 Å². The molecule has 0 fully saturated rings. The summed E-state index contributed by atoms with van der Waals surface area (Å²) in [5.41, 5.74) is -0.182. The molecule has 0 saturated heterocycles. The van der Waals surface area contributed by atoms with Crippen LogP contribution in [0, 0.1) is 10.1 Å². The van der Waals surface area contributed by atoms with Gasteiger partial charge in [-0.05, 0) is 12.5 Å². The molecule has 17 heavy (non-hydrogen) atoms. The number of benzene rings is 1. The van der Waals surface area contributed by atoms with E-state index >= 15 is 0 Å². The largest absolute Gasteiger partial charge is 0.486 e. The number of nitro groups is 1. The standard InChI is InChI=1S/C11H12ClNO4/c1-2-3-8(14)7-17-9-4-5-11(13(15)16)10(12)6-9/h4-6H,2-3,7H2,1H3. The van der Waals surface area contributed by atoms with Crippen molar-refractivity contribution in [2.45, 2.75) is 19.8 Å². The smallest absolute Gasteiger partial charge is 0.288 e. The molecule has 5 nitrogen and oxygen atoms in total. The zero-order valence-electron chi connectivity index (χ0n) is 9.31. The summed E-state index contributed by atoms with van der Waals surface area (Å²) in [6.07, 6.45) is 1.23. The third-order valence-corrected chi connectivity index (χ3v) is 2.35. The van der Waals surface area contributed by atoms with E-state index in [1.54, 1.807) is 0 Å². The Bertz CT molecular complexity index is 433. The topological polar surface area (TPSA) is 69.4 Å². The first-order valence-corrected chi connectivity index (χ1v) is 5.50. The highest BCUT2D eigenvalue weighted by atomic mass is 35.5. The van der Waals surface area contributed by atoms with Crippen LogP contribution in [0.3, 0.4) is 0 Å². The summed E-state index contributed by atoms with van der Waals surface area (Å²) in [5, 5.41) is 10.5. The Balaban J connectivity index is 2.65. The van der Waals surface area contributed by atoms with Gasteiger partial charge in [-0.1, -0.05) is 18.5 Å². The van der Waals surface area contributed by atoms with Crippen LogP contribution in [0.1, 0.15) is 19.8 Å². The maximum Gasteiger partial charge on any atom is 0.288 e. The first-order valence-electron chi connectivity index (χ1n) is 5.13. The number of hydrogen-bond donors (Lipinski definition) is 0. The Labute approximate surface area is 103 Å². The normalized spacial score (nSPS) is 10.0. The van der Waals surface area contributed by atoms with Gasteiger partial charge in [0.05, 0.1) is 4.92 Å². The number of Topliss-reactive ketones (excluding diaryl/α,β-unsaturated/α-hetero) is 1. The molecule has 0 atom stereocenters. The minimum absolute atomic E-state index is 0.00422. The fourth-order valence-corrected chi connectivity index (χ4v) is 1.48. The Morgan fingerprint density at radius 3 is 2.76 bits per heavy atom. The molecule has 0 radical (unpaired) electrons. The highest BCUT2D eigenvalue weighted by Gasteiger charge is 2.12. The van der Waals surface area contributed by atoms with Crippen LogP contribution >= 0.6 is 11.6 Å². The van der Waals surface area contributed by atoms with Crippen molar-refractivity contribution in [2.24, 2.45) is 0 Å². The van der Waals surface area contributed by atoms with Gasteiger partial charge in [0.15, 0.2) is 5.78 Å². The van der Waals surface area contributed by atoms with Crippen molar-refractivity contribution in [3.63, 3.8) is 0 Å². The Morgan fingerprint density at radius 2 is 2.24 bits per heavy atom. The van der Waals surface area contributed by atoms with E-state index in [1.807, 2.05) is 6.92 Å². The van der Waals surface area contributed by atoms with Gasteiger partial charge < -0.3 is 4.74 Å². The van der Waals surface area contributed by atoms with E-state index in [9.17, 15) is 14.9 Å². The fraction of sp³-hybridized carbons (Fsp3) is 0.364. The summed E-state index contributed by atoms with van der Waals surface area (Å²) in [4.78, 5) is 21.1. The molecule has 0 unspecified atom stereocenters. The predicted octanol–water partition coefficient (Wildman–Crippen LogP) is 3.00. The van der Waals surface area contributed by atoms with E-state index in [4.69, 9.17) is 16.3 Å². The molecule has 92 valence electrons. The molecule has 0 aliphatic rings. The van der Waals surface area contributed by atoms with Crippen LogP contribution in [-0.4, -0.2) is 17.3 Å². The summed E-state index contributed by atoms with van der Waals surface area (Å²) in [6.45, 7) is 1.86. The molecule has 0 saturated carbocycles. The van der Waals surface area contributed by atoms with E-state index in [0.29, 0.717) is 12.2 Å². The number of ether oxygens (including phenoxy) is 1. The lowest BCUT2D eigenvalue weighted by Gasteiger charge is -2.05. The molecule has 0 bridgehead atoms. The molecule has 0 aliphatic heterocycles. The number of halogens is 1. The molecule has 0 amide bonds. The number of rotatable bonds is 6. The summed E-state index contributed by atoms with van der Waals surface area (Å²) in [6, 6.07) is 4.00. The van der Waals surface area contributed by atoms with Crippen molar-refractivity contribution < 1.29 is 14.5 Å². The van der Waals surface area contributed by atoms with Crippen LogP contribution in [0.2, 0.25) is 5.02 Å². The lowest BCUT2D eigenvalue weighted by molar-refractivity contribution is -0.384. The van der Waals surface area contributed by atoms with Gasteiger partial charge >= 0.3 is 0 Å². The number of ketones is 1. The molecule has 0 aromatic heterocycles. The average Bonchev–Trinajstić information content (AvgIpc) is 2.26. The molecular weight excluding hydrogens is 246 g/mol. The number of hydrogen-bond acceptors (Lipinski definition) is 4. The van der Waals surface area contributed by atoms with Crippen molar-refractivity contribution in [1.82, 2.24) is 0 Å². The third kappa shape index (κ3) is 4.03. The minimum atomic E-state index is -0.575. The molecule has 1 aromatic carbocycles. The van der Waals surface area contributed by atoms with E-state index in [-0.39, 0.29) is 23.1 Å². The number of carbonyl (C=O) groups is 1. The highest BCUT2D eigenvalue weighted by Crippen LogP contribution is 2.28. The van der Waals surface area contributed by atoms with Crippen LogP contribution in [0.15, 0.2) is 18.2 Å². The maximum atomic E-state index is 11.2. The van der Waals surface area contributed by atoms with Gasteiger partial charge in [-0.2, -0.15) is 0 Å². The molecule has 0 heterocycles. The van der Waals surface area contributed by atoms with Crippen LogP contribution in [0.4, 0.5) is 5.69 Å². The van der Waals surface area contributed by atoms with Crippen molar-refractivity contribution in [1.29, 1.82) is 0 Å². The van der Waals surface area contributed by atoms with E-state index in [2.05, 4.69) is 0 Å². The summed E-state index contributed by atoms with van der Waals surface area (Å²) in [7, 11) is 0. The van der Waals surface area contributed by atoms with Crippen molar-refractivity contribution in [2.75, 3.05) is 6.61 Å².